The lowest BCUT2D eigenvalue weighted by Gasteiger charge is -2.09. The Morgan fingerprint density at radius 2 is 2.00 bits per heavy atom. The molecule has 2 nitrogen and oxygen atoms in total. The maximum absolute atomic E-state index is 13.8. The van der Waals surface area contributed by atoms with Crippen LogP contribution in [0.4, 0.5) is 4.39 Å². The summed E-state index contributed by atoms with van der Waals surface area (Å²) < 4.78 is 19.4. The van der Waals surface area contributed by atoms with E-state index in [-0.39, 0.29) is 18.1 Å². The molecule has 4 heteroatoms. The molecule has 0 saturated heterocycles. The minimum Gasteiger partial charge on any atom is -0.487 e. The Morgan fingerprint density at radius 3 is 2.71 bits per heavy atom. The number of rotatable bonds is 3. The number of halogens is 2. The Kier molecular flexibility index (Phi) is 5.21. The van der Waals surface area contributed by atoms with E-state index in [4.69, 9.17) is 21.6 Å². The third-order valence-electron chi connectivity index (χ3n) is 2.74. The van der Waals surface area contributed by atoms with Crippen molar-refractivity contribution >= 4 is 11.6 Å². The van der Waals surface area contributed by atoms with Gasteiger partial charge in [-0.25, -0.2) is 4.39 Å². The van der Waals surface area contributed by atoms with E-state index < -0.39 is 5.82 Å². The molecule has 0 fully saturated rings. The van der Waals surface area contributed by atoms with Crippen LogP contribution in [-0.2, 0) is 6.61 Å². The minimum absolute atomic E-state index is 0.0666. The number of nitriles is 1. The van der Waals surface area contributed by atoms with Crippen LogP contribution in [0.5, 0.6) is 5.75 Å². The van der Waals surface area contributed by atoms with Gasteiger partial charge in [-0.1, -0.05) is 30.0 Å². The summed E-state index contributed by atoms with van der Waals surface area (Å²) in [7, 11) is 0. The molecule has 0 unspecified atom stereocenters. The van der Waals surface area contributed by atoms with Crippen molar-refractivity contribution in [2.75, 3.05) is 5.88 Å². The zero-order chi connectivity index (χ0) is 15.1. The number of hydrogen-bond acceptors (Lipinski definition) is 2. The largest absolute Gasteiger partial charge is 0.487 e. The van der Waals surface area contributed by atoms with Gasteiger partial charge in [0.15, 0.2) is 0 Å². The quantitative estimate of drug-likeness (QED) is 0.637. The van der Waals surface area contributed by atoms with E-state index in [2.05, 4.69) is 11.8 Å². The van der Waals surface area contributed by atoms with E-state index >= 15 is 0 Å². The van der Waals surface area contributed by atoms with Gasteiger partial charge in [-0.2, -0.15) is 5.26 Å². The molecule has 0 heterocycles. The van der Waals surface area contributed by atoms with Gasteiger partial charge in [0.05, 0.1) is 23.1 Å². The molecule has 0 atom stereocenters. The highest BCUT2D eigenvalue weighted by atomic mass is 35.5. The molecule has 2 aromatic carbocycles. The van der Waals surface area contributed by atoms with Crippen LogP contribution in [0.1, 0.15) is 16.7 Å². The van der Waals surface area contributed by atoms with Crippen LogP contribution >= 0.6 is 11.6 Å². The third-order valence-corrected chi connectivity index (χ3v) is 2.88. The Hall–Kier alpha value is -2.49. The average Bonchev–Trinajstić information content (AvgIpc) is 2.52. The fourth-order valence-electron chi connectivity index (χ4n) is 1.71. The molecule has 0 aromatic heterocycles. The molecule has 21 heavy (non-hydrogen) atoms. The topological polar surface area (TPSA) is 33.0 Å². The molecule has 0 bridgehead atoms. The highest BCUT2D eigenvalue weighted by molar-refractivity contribution is 6.19. The van der Waals surface area contributed by atoms with Gasteiger partial charge in [-0.05, 0) is 24.3 Å². The molecule has 0 saturated carbocycles. The van der Waals surface area contributed by atoms with Gasteiger partial charge < -0.3 is 4.74 Å². The van der Waals surface area contributed by atoms with Crippen molar-refractivity contribution in [1.29, 1.82) is 5.26 Å². The summed E-state index contributed by atoms with van der Waals surface area (Å²) in [6.45, 7) is 0.0666. The summed E-state index contributed by atoms with van der Waals surface area (Å²) in [5.41, 5.74) is 1.37. The average molecular weight is 300 g/mol. The summed E-state index contributed by atoms with van der Waals surface area (Å²) in [4.78, 5) is 0. The number of benzene rings is 2. The third kappa shape index (κ3) is 3.99. The van der Waals surface area contributed by atoms with E-state index in [0.717, 1.165) is 0 Å². The molecule has 0 radical (unpaired) electrons. The molecular weight excluding hydrogens is 289 g/mol. The van der Waals surface area contributed by atoms with Gasteiger partial charge in [0, 0.05) is 5.56 Å². The lowest BCUT2D eigenvalue weighted by molar-refractivity contribution is 0.299. The zero-order valence-corrected chi connectivity index (χ0v) is 11.8. The molecule has 2 rings (SSSR count). The lowest BCUT2D eigenvalue weighted by atomic mass is 10.1. The molecule has 0 N–H and O–H groups in total. The van der Waals surface area contributed by atoms with E-state index in [9.17, 15) is 4.39 Å². The molecule has 0 aliphatic carbocycles. The number of nitrogens with zero attached hydrogens (tertiary/aromatic N) is 1. The number of hydrogen-bond donors (Lipinski definition) is 0. The van der Waals surface area contributed by atoms with Crippen molar-refractivity contribution in [2.45, 2.75) is 6.61 Å². The van der Waals surface area contributed by atoms with Crippen LogP contribution < -0.4 is 4.74 Å². The summed E-state index contributed by atoms with van der Waals surface area (Å²) in [6.07, 6.45) is 0. The number of alkyl halides is 1. The maximum atomic E-state index is 13.8. The molecule has 104 valence electrons. The number of ether oxygens (including phenoxy) is 1. The van der Waals surface area contributed by atoms with Crippen molar-refractivity contribution in [3.8, 4) is 23.7 Å². The maximum Gasteiger partial charge on any atom is 0.135 e. The Balaban J connectivity index is 2.15. The predicted molar refractivity (Wildman–Crippen MR) is 79.5 cm³/mol. The van der Waals surface area contributed by atoms with Gasteiger partial charge in [0.2, 0.25) is 0 Å². The first-order valence-corrected chi connectivity index (χ1v) is 6.73. The summed E-state index contributed by atoms with van der Waals surface area (Å²) >= 11 is 5.54. The van der Waals surface area contributed by atoms with Gasteiger partial charge in [-0.3, -0.25) is 0 Å². The van der Waals surface area contributed by atoms with E-state index in [1.54, 1.807) is 18.2 Å². The molecule has 2 aromatic rings. The van der Waals surface area contributed by atoms with Gasteiger partial charge in [0.1, 0.15) is 18.2 Å². The first kappa shape index (κ1) is 14.9. The van der Waals surface area contributed by atoms with Crippen molar-refractivity contribution < 1.29 is 9.13 Å². The summed E-state index contributed by atoms with van der Waals surface area (Å²) in [6, 6.07) is 13.4. The standard InChI is InChI=1S/C17H11ClFNO/c18-9-3-5-14-4-1-2-6-17(14)21-12-15-8-7-13(11-20)10-16(15)19/h1-2,4,6-8,10H,9,12H2. The summed E-state index contributed by atoms with van der Waals surface area (Å²) in [5.74, 6) is 5.99. The molecular formula is C17H11ClFNO. The Labute approximate surface area is 127 Å². The monoisotopic (exact) mass is 299 g/mol. The Bertz CT molecular complexity index is 740. The number of para-hydroxylation sites is 1. The second kappa shape index (κ2) is 7.33. The SMILES string of the molecule is N#Cc1ccc(COc2ccccc2C#CCCl)c(F)c1. The predicted octanol–water partition coefficient (Wildman–Crippen LogP) is 3.87. The fourth-order valence-corrected chi connectivity index (χ4v) is 1.78. The first-order chi connectivity index (χ1) is 10.2. The van der Waals surface area contributed by atoms with Crippen LogP contribution in [0.2, 0.25) is 0 Å². The molecule has 0 aliphatic heterocycles. The van der Waals surface area contributed by atoms with Crippen molar-refractivity contribution in [3.63, 3.8) is 0 Å². The zero-order valence-electron chi connectivity index (χ0n) is 11.1. The van der Waals surface area contributed by atoms with Crippen molar-refractivity contribution in [2.24, 2.45) is 0 Å². The smallest absolute Gasteiger partial charge is 0.135 e. The molecule has 0 amide bonds. The van der Waals surface area contributed by atoms with Gasteiger partial charge in [-0.15, -0.1) is 11.6 Å². The molecule has 0 spiro atoms. The van der Waals surface area contributed by atoms with Gasteiger partial charge in [0.25, 0.3) is 0 Å². The summed E-state index contributed by atoms with van der Waals surface area (Å²) in [5, 5.41) is 8.71. The normalized spacial score (nSPS) is 9.38. The van der Waals surface area contributed by atoms with Crippen LogP contribution in [0.25, 0.3) is 0 Å². The van der Waals surface area contributed by atoms with Crippen molar-refractivity contribution in [1.82, 2.24) is 0 Å². The van der Waals surface area contributed by atoms with E-state index in [0.29, 0.717) is 16.9 Å². The van der Waals surface area contributed by atoms with E-state index in [1.165, 1.54) is 6.07 Å². The fraction of sp³-hybridized carbons (Fsp3) is 0.118. The van der Waals surface area contributed by atoms with Crippen LogP contribution in [-0.4, -0.2) is 5.88 Å². The van der Waals surface area contributed by atoms with Gasteiger partial charge >= 0.3 is 0 Å². The van der Waals surface area contributed by atoms with Crippen LogP contribution in [0.15, 0.2) is 42.5 Å². The molecule has 0 aliphatic rings. The van der Waals surface area contributed by atoms with Crippen LogP contribution in [0.3, 0.4) is 0 Å². The van der Waals surface area contributed by atoms with E-state index in [1.807, 2.05) is 24.3 Å². The lowest BCUT2D eigenvalue weighted by Crippen LogP contribution is -2.00. The van der Waals surface area contributed by atoms with Crippen molar-refractivity contribution in [3.05, 3.63) is 65.0 Å². The highest BCUT2D eigenvalue weighted by Gasteiger charge is 2.06. The first-order valence-electron chi connectivity index (χ1n) is 6.20. The second-order valence-corrected chi connectivity index (χ2v) is 4.41. The minimum atomic E-state index is -0.460. The Morgan fingerprint density at radius 1 is 1.19 bits per heavy atom. The second-order valence-electron chi connectivity index (χ2n) is 4.14. The van der Waals surface area contributed by atoms with Crippen LogP contribution in [0, 0.1) is 29.0 Å². The highest BCUT2D eigenvalue weighted by Crippen LogP contribution is 2.19.